The Hall–Kier alpha value is -4.73. The van der Waals surface area contributed by atoms with Crippen molar-refractivity contribution in [2.45, 2.75) is 30.7 Å². The maximum absolute atomic E-state index is 14.5. The monoisotopic (exact) mass is 611 g/mol. The first-order valence-electron chi connectivity index (χ1n) is 12.3. The highest BCUT2D eigenvalue weighted by Gasteiger charge is 2.57. The SMILES string of the molecule is C[C@]1(C(N)=O)COc2c1cc([C@@](O)(CNC(=O)c1cc(F)c3nn(C(F)F)cc3c1)C(F)(F)F)nc2-c1ccc(F)cc1. The Kier molecular flexibility index (Phi) is 7.07. The summed E-state index contributed by atoms with van der Waals surface area (Å²) in [5, 5.41) is 16.1. The second-order valence-electron chi connectivity index (χ2n) is 10.0. The third kappa shape index (κ3) is 5.00. The molecule has 16 heteroatoms. The number of rotatable bonds is 7. The minimum atomic E-state index is -5.49. The van der Waals surface area contributed by atoms with Gasteiger partial charge in [0.25, 0.3) is 5.91 Å². The Balaban J connectivity index is 1.57. The average molecular weight is 611 g/mol. The van der Waals surface area contributed by atoms with E-state index in [4.69, 9.17) is 10.5 Å². The molecule has 0 fully saturated rings. The molecule has 0 saturated carbocycles. The second-order valence-corrected chi connectivity index (χ2v) is 10.0. The van der Waals surface area contributed by atoms with Gasteiger partial charge in [0, 0.05) is 28.3 Å². The van der Waals surface area contributed by atoms with Crippen molar-refractivity contribution >= 4 is 22.7 Å². The molecule has 1 aliphatic rings. The lowest BCUT2D eigenvalue weighted by Gasteiger charge is -2.31. The molecule has 0 aliphatic carbocycles. The molecule has 0 unspecified atom stereocenters. The number of carbonyl (C=O) groups is 2. The van der Waals surface area contributed by atoms with Crippen molar-refractivity contribution in [1.82, 2.24) is 20.1 Å². The van der Waals surface area contributed by atoms with Gasteiger partial charge in [-0.2, -0.15) is 27.1 Å². The van der Waals surface area contributed by atoms with E-state index in [1.54, 1.807) is 0 Å². The fourth-order valence-corrected chi connectivity index (χ4v) is 4.59. The van der Waals surface area contributed by atoms with Crippen LogP contribution in [0, 0.1) is 11.6 Å². The van der Waals surface area contributed by atoms with Crippen molar-refractivity contribution in [2.75, 3.05) is 13.2 Å². The predicted molar refractivity (Wildman–Crippen MR) is 135 cm³/mol. The minimum Gasteiger partial charge on any atom is -0.489 e. The number of aliphatic hydroxyl groups is 1. The number of nitrogens with one attached hydrogen (secondary N) is 1. The van der Waals surface area contributed by atoms with E-state index in [1.807, 2.05) is 5.32 Å². The molecule has 0 radical (unpaired) electrons. The zero-order chi connectivity index (χ0) is 31.5. The van der Waals surface area contributed by atoms with Crippen LogP contribution in [-0.2, 0) is 15.8 Å². The standard InChI is InChI=1S/C27H20F7N5O4/c1-25(23(35)41)11-43-21-16(25)8-18(37-20(21)12-2-4-15(28)5-3-12)26(42,27(32,33)34)10-36-22(40)13-6-14-9-39(24(30)31)38-19(14)17(29)7-13/h2-9,24,42H,10-11H2,1H3,(H2,35,41)(H,36,40)/t25-,26-/m0/s1. The van der Waals surface area contributed by atoms with Gasteiger partial charge < -0.3 is 20.9 Å². The minimum absolute atomic E-state index is 0.0786. The van der Waals surface area contributed by atoms with Gasteiger partial charge in [0.05, 0.1) is 12.2 Å². The Morgan fingerprint density at radius 2 is 1.84 bits per heavy atom. The summed E-state index contributed by atoms with van der Waals surface area (Å²) in [6.07, 6.45) is -4.74. The van der Waals surface area contributed by atoms with Gasteiger partial charge in [0.1, 0.15) is 34.8 Å². The predicted octanol–water partition coefficient (Wildman–Crippen LogP) is 4.09. The number of aromatic nitrogens is 3. The van der Waals surface area contributed by atoms with Crippen LogP contribution in [0.4, 0.5) is 30.7 Å². The number of fused-ring (bicyclic) bond motifs is 2. The van der Waals surface area contributed by atoms with Crippen molar-refractivity contribution in [3.05, 3.63) is 77.1 Å². The maximum atomic E-state index is 14.5. The van der Waals surface area contributed by atoms with Gasteiger partial charge in [-0.05, 0) is 49.4 Å². The van der Waals surface area contributed by atoms with Gasteiger partial charge in [-0.25, -0.2) is 18.4 Å². The second kappa shape index (κ2) is 10.2. The zero-order valence-electron chi connectivity index (χ0n) is 21.8. The number of pyridine rings is 1. The molecule has 4 N–H and O–H groups in total. The van der Waals surface area contributed by atoms with E-state index in [0.29, 0.717) is 6.07 Å². The van der Waals surface area contributed by atoms with E-state index in [2.05, 4.69) is 10.1 Å². The van der Waals surface area contributed by atoms with Crippen LogP contribution in [0.25, 0.3) is 22.2 Å². The molecule has 1 aliphatic heterocycles. The van der Waals surface area contributed by atoms with Crippen LogP contribution in [0.3, 0.4) is 0 Å². The molecule has 5 rings (SSSR count). The molecule has 226 valence electrons. The molecule has 4 aromatic rings. The molecule has 2 aromatic heterocycles. The number of alkyl halides is 5. The highest BCUT2D eigenvalue weighted by Crippen LogP contribution is 2.47. The molecular formula is C27H20F7N5O4. The molecular weight excluding hydrogens is 591 g/mol. The molecule has 2 amide bonds. The summed E-state index contributed by atoms with van der Waals surface area (Å²) in [7, 11) is 0. The van der Waals surface area contributed by atoms with Crippen LogP contribution in [0.2, 0.25) is 0 Å². The van der Waals surface area contributed by atoms with Crippen molar-refractivity contribution in [1.29, 1.82) is 0 Å². The van der Waals surface area contributed by atoms with Crippen molar-refractivity contribution in [3.63, 3.8) is 0 Å². The van der Waals surface area contributed by atoms with Gasteiger partial charge in [-0.15, -0.1) is 0 Å². The molecule has 2 aromatic carbocycles. The Morgan fingerprint density at radius 3 is 2.44 bits per heavy atom. The van der Waals surface area contributed by atoms with Crippen molar-refractivity contribution in [2.24, 2.45) is 5.73 Å². The highest BCUT2D eigenvalue weighted by molar-refractivity contribution is 5.98. The van der Waals surface area contributed by atoms with Crippen LogP contribution in [-0.4, -0.2) is 51.0 Å². The van der Waals surface area contributed by atoms with E-state index in [-0.39, 0.29) is 39.2 Å². The molecule has 0 bridgehead atoms. The molecule has 9 nitrogen and oxygen atoms in total. The van der Waals surface area contributed by atoms with Crippen molar-refractivity contribution < 1.29 is 50.2 Å². The summed E-state index contributed by atoms with van der Waals surface area (Å²) < 4.78 is 103. The van der Waals surface area contributed by atoms with Gasteiger partial charge >= 0.3 is 12.7 Å². The van der Waals surface area contributed by atoms with E-state index < -0.39 is 70.5 Å². The van der Waals surface area contributed by atoms with Gasteiger partial charge in [0.15, 0.2) is 5.82 Å². The van der Waals surface area contributed by atoms with E-state index in [1.165, 1.54) is 19.1 Å². The summed E-state index contributed by atoms with van der Waals surface area (Å²) in [5.41, 5.74) is -2.45. The molecule has 2 atom stereocenters. The molecule has 0 spiro atoms. The topological polar surface area (TPSA) is 132 Å². The summed E-state index contributed by atoms with van der Waals surface area (Å²) in [5.74, 6) is -4.21. The Labute approximate surface area is 237 Å². The molecule has 3 heterocycles. The van der Waals surface area contributed by atoms with Gasteiger partial charge in [-0.3, -0.25) is 9.59 Å². The lowest BCUT2D eigenvalue weighted by atomic mass is 9.81. The van der Waals surface area contributed by atoms with E-state index >= 15 is 0 Å². The number of amides is 2. The number of hydrogen-bond acceptors (Lipinski definition) is 6. The third-order valence-corrected chi connectivity index (χ3v) is 7.17. The van der Waals surface area contributed by atoms with Crippen LogP contribution in [0.1, 0.15) is 35.1 Å². The number of hydrogen-bond donors (Lipinski definition) is 3. The first-order chi connectivity index (χ1) is 20.0. The number of benzene rings is 2. The first-order valence-corrected chi connectivity index (χ1v) is 12.3. The average Bonchev–Trinajstić information content (AvgIpc) is 3.54. The Bertz CT molecular complexity index is 1760. The lowest BCUT2D eigenvalue weighted by molar-refractivity contribution is -0.265. The summed E-state index contributed by atoms with van der Waals surface area (Å²) in [6, 6.07) is 6.71. The van der Waals surface area contributed by atoms with Crippen LogP contribution >= 0.6 is 0 Å². The quantitative estimate of drug-likeness (QED) is 0.270. The largest absolute Gasteiger partial charge is 0.489 e. The number of primary amides is 1. The highest BCUT2D eigenvalue weighted by atomic mass is 19.4. The first kappa shape index (κ1) is 29.8. The van der Waals surface area contributed by atoms with Crippen LogP contribution in [0.15, 0.2) is 48.7 Å². The fourth-order valence-electron chi connectivity index (χ4n) is 4.59. The lowest BCUT2D eigenvalue weighted by Crippen LogP contribution is -2.51. The van der Waals surface area contributed by atoms with Gasteiger partial charge in [-0.1, -0.05) is 0 Å². The smallest absolute Gasteiger partial charge is 0.424 e. The van der Waals surface area contributed by atoms with Crippen LogP contribution < -0.4 is 15.8 Å². The summed E-state index contributed by atoms with van der Waals surface area (Å²) in [6.45, 7) is -3.72. The van der Waals surface area contributed by atoms with Crippen LogP contribution in [0.5, 0.6) is 5.75 Å². The molecule has 0 saturated heterocycles. The number of carbonyl (C=O) groups excluding carboxylic acids is 2. The number of halogens is 7. The number of nitrogens with zero attached hydrogens (tertiary/aromatic N) is 3. The normalized spacial score (nSPS) is 17.9. The fraction of sp³-hybridized carbons (Fsp3) is 0.259. The summed E-state index contributed by atoms with van der Waals surface area (Å²) >= 11 is 0. The number of ether oxygens (including phenoxy) is 1. The summed E-state index contributed by atoms with van der Waals surface area (Å²) in [4.78, 5) is 29.1. The van der Waals surface area contributed by atoms with E-state index in [9.17, 15) is 45.4 Å². The Morgan fingerprint density at radius 1 is 1.16 bits per heavy atom. The maximum Gasteiger partial charge on any atom is 0.424 e. The third-order valence-electron chi connectivity index (χ3n) is 7.17. The van der Waals surface area contributed by atoms with Crippen molar-refractivity contribution in [3.8, 4) is 17.0 Å². The molecule has 43 heavy (non-hydrogen) atoms. The number of nitrogens with two attached hydrogens (primary N) is 1. The van der Waals surface area contributed by atoms with Gasteiger partial charge in [0.2, 0.25) is 11.5 Å². The zero-order valence-corrected chi connectivity index (χ0v) is 21.8. The van der Waals surface area contributed by atoms with E-state index in [0.717, 1.165) is 30.5 Å².